The molecule has 0 radical (unpaired) electrons. The Morgan fingerprint density at radius 3 is 2.53 bits per heavy atom. The predicted octanol–water partition coefficient (Wildman–Crippen LogP) is 1.20. The van der Waals surface area contributed by atoms with Crippen LogP contribution in [0.2, 0.25) is 0 Å². The summed E-state index contributed by atoms with van der Waals surface area (Å²) in [6.45, 7) is 7.47. The molecule has 0 aliphatic rings. The second-order valence-corrected chi connectivity index (χ2v) is 7.20. The highest BCUT2D eigenvalue weighted by Crippen LogP contribution is 2.20. The highest BCUT2D eigenvalue weighted by Gasteiger charge is 2.29. The minimum absolute atomic E-state index is 0.224. The van der Waals surface area contributed by atoms with Gasteiger partial charge in [0, 0.05) is 16.9 Å². The summed E-state index contributed by atoms with van der Waals surface area (Å²) in [5.74, 6) is -0.224. The molecule has 1 rings (SSSR count). The van der Waals surface area contributed by atoms with Crippen LogP contribution in [0.4, 0.5) is 4.39 Å². The first kappa shape index (κ1) is 14.5. The summed E-state index contributed by atoms with van der Waals surface area (Å²) < 4.78 is 28.4. The van der Waals surface area contributed by atoms with Crippen LogP contribution in [0.5, 0.6) is 0 Å². The van der Waals surface area contributed by atoms with Gasteiger partial charge in [-0.2, -0.15) is 0 Å². The molecule has 17 heavy (non-hydrogen) atoms. The second-order valence-electron chi connectivity index (χ2n) is 5.20. The van der Waals surface area contributed by atoms with E-state index in [4.69, 9.17) is 0 Å². The maximum Gasteiger partial charge on any atom is 0.143 e. The lowest BCUT2D eigenvalue weighted by Gasteiger charge is -2.26. The van der Waals surface area contributed by atoms with Crippen LogP contribution in [0, 0.1) is 5.82 Å². The Hall–Kier alpha value is -0.515. The maximum atomic E-state index is 13.9. The summed E-state index contributed by atoms with van der Waals surface area (Å²) in [5.41, 5.74) is 1.17. The van der Waals surface area contributed by atoms with Crippen LogP contribution in [0.3, 0.4) is 0 Å². The predicted molar refractivity (Wildman–Crippen MR) is 74.0 cm³/mol. The van der Waals surface area contributed by atoms with Crippen LogP contribution in [-0.2, 0) is 11.4 Å². The van der Waals surface area contributed by atoms with Gasteiger partial charge in [0.05, 0.1) is 6.04 Å². The Balaban J connectivity index is 2.84. The van der Waals surface area contributed by atoms with Gasteiger partial charge in [0.15, 0.2) is 0 Å². The van der Waals surface area contributed by atoms with Gasteiger partial charge < -0.3 is 4.55 Å². The van der Waals surface area contributed by atoms with E-state index in [1.807, 2.05) is 33.8 Å². The fraction of sp³-hybridized carbons (Fsp3) is 0.500. The quantitative estimate of drug-likeness (QED) is 0.650. The molecule has 0 fully saturated rings. The molecule has 2 nitrogen and oxygen atoms in total. The third-order valence-electron chi connectivity index (χ3n) is 2.53. The van der Waals surface area contributed by atoms with E-state index in [9.17, 15) is 8.94 Å². The van der Waals surface area contributed by atoms with E-state index in [1.54, 1.807) is 20.0 Å². The molecule has 1 aromatic rings. The van der Waals surface area contributed by atoms with Crippen molar-refractivity contribution in [3.05, 3.63) is 29.6 Å². The zero-order valence-electron chi connectivity index (χ0n) is 11.0. The zero-order chi connectivity index (χ0) is 13.2. The smallest absolute Gasteiger partial charge is 0.143 e. The van der Waals surface area contributed by atoms with Crippen LogP contribution in [0.15, 0.2) is 18.2 Å². The van der Waals surface area contributed by atoms with Crippen molar-refractivity contribution in [2.75, 3.05) is 0 Å². The molecule has 0 heterocycles. The Morgan fingerprint density at radius 1 is 1.41 bits per heavy atom. The third-order valence-corrected chi connectivity index (χ3v) is 4.21. The van der Waals surface area contributed by atoms with Crippen LogP contribution in [0.25, 0.3) is 0 Å². The fourth-order valence-electron chi connectivity index (χ4n) is 1.41. The van der Waals surface area contributed by atoms with Crippen LogP contribution < -0.4 is 10.2 Å². The summed E-state index contributed by atoms with van der Waals surface area (Å²) >= 11 is -1.20. The molecular formula is C12H19BFNOS. The zero-order valence-corrected chi connectivity index (χ0v) is 11.8. The van der Waals surface area contributed by atoms with E-state index in [1.165, 1.54) is 0 Å². The molecule has 1 N–H and O–H groups in total. The monoisotopic (exact) mass is 255 g/mol. The van der Waals surface area contributed by atoms with E-state index >= 15 is 0 Å². The lowest BCUT2D eigenvalue weighted by Crippen LogP contribution is -2.41. The number of hydrogen-bond donors (Lipinski definition) is 1. The summed E-state index contributed by atoms with van der Waals surface area (Å²) in [7, 11) is 1.73. The second kappa shape index (κ2) is 5.42. The van der Waals surface area contributed by atoms with E-state index in [0.717, 1.165) is 0 Å². The third kappa shape index (κ3) is 3.73. The molecule has 0 spiro atoms. The number of hydrogen-bond acceptors (Lipinski definition) is 2. The fourth-order valence-corrected chi connectivity index (χ4v) is 2.21. The number of benzene rings is 1. The van der Waals surface area contributed by atoms with E-state index < -0.39 is 11.4 Å². The van der Waals surface area contributed by atoms with E-state index in [-0.39, 0.29) is 16.6 Å². The molecule has 5 heteroatoms. The van der Waals surface area contributed by atoms with Crippen molar-refractivity contribution in [1.82, 2.24) is 4.72 Å². The van der Waals surface area contributed by atoms with Crippen molar-refractivity contribution in [3.63, 3.8) is 0 Å². The minimum Gasteiger partial charge on any atom is -0.598 e. The van der Waals surface area contributed by atoms with Crippen LogP contribution >= 0.6 is 0 Å². The Morgan fingerprint density at radius 2 is 2.00 bits per heavy atom. The molecule has 1 aromatic carbocycles. The molecular weight excluding hydrogens is 236 g/mol. The summed E-state index contributed by atoms with van der Waals surface area (Å²) in [5, 5.41) is 0. The largest absolute Gasteiger partial charge is 0.598 e. The van der Waals surface area contributed by atoms with Crippen molar-refractivity contribution < 1.29 is 8.94 Å². The normalized spacial score (nSPS) is 15.6. The first-order chi connectivity index (χ1) is 7.73. The average molecular weight is 255 g/mol. The van der Waals surface area contributed by atoms with Gasteiger partial charge in [0.1, 0.15) is 18.4 Å². The Kier molecular flexibility index (Phi) is 4.64. The van der Waals surface area contributed by atoms with Crippen LogP contribution in [0.1, 0.15) is 39.3 Å². The topological polar surface area (TPSA) is 35.1 Å². The highest BCUT2D eigenvalue weighted by molar-refractivity contribution is 7.90. The van der Waals surface area contributed by atoms with Gasteiger partial charge in [-0.3, -0.25) is 0 Å². The molecule has 0 aliphatic carbocycles. The maximum absolute atomic E-state index is 13.9. The first-order valence-corrected chi connectivity index (χ1v) is 6.81. The Labute approximate surface area is 107 Å². The lowest BCUT2D eigenvalue weighted by atomic mass is 9.92. The van der Waals surface area contributed by atoms with Gasteiger partial charge in [0.2, 0.25) is 0 Å². The molecule has 94 valence electrons. The van der Waals surface area contributed by atoms with Gasteiger partial charge in [-0.05, 0) is 27.7 Å². The summed E-state index contributed by atoms with van der Waals surface area (Å²) in [6, 6.07) is 4.99. The van der Waals surface area contributed by atoms with Crippen molar-refractivity contribution >= 4 is 24.7 Å². The van der Waals surface area contributed by atoms with Crippen LogP contribution in [-0.4, -0.2) is 17.1 Å². The minimum atomic E-state index is -1.20. The van der Waals surface area contributed by atoms with Gasteiger partial charge >= 0.3 is 0 Å². The van der Waals surface area contributed by atoms with Crippen molar-refractivity contribution in [1.29, 1.82) is 0 Å². The number of halogens is 1. The number of nitrogens with one attached hydrogen (secondary N) is 1. The van der Waals surface area contributed by atoms with Gasteiger partial charge in [-0.15, -0.1) is 4.72 Å². The summed E-state index contributed by atoms with van der Waals surface area (Å²) in [4.78, 5) is 0. The van der Waals surface area contributed by atoms with Crippen molar-refractivity contribution in [2.45, 2.75) is 38.5 Å². The molecule has 0 saturated heterocycles. The van der Waals surface area contributed by atoms with Gasteiger partial charge in [0.25, 0.3) is 0 Å². The molecule has 0 aliphatic heterocycles. The summed E-state index contributed by atoms with van der Waals surface area (Å²) in [6.07, 6.45) is 0. The first-order valence-electron chi connectivity index (χ1n) is 5.66. The molecule has 1 unspecified atom stereocenters. The van der Waals surface area contributed by atoms with Gasteiger partial charge in [-0.1, -0.05) is 23.7 Å². The molecule has 0 bridgehead atoms. The average Bonchev–Trinajstić information content (AvgIpc) is 2.20. The lowest BCUT2D eigenvalue weighted by molar-refractivity contribution is 0.523. The molecule has 2 atom stereocenters. The SMILES string of the molecule is Bc1cccc(C(C)N[S@+]([O-])C(C)(C)C)c1F. The molecule has 0 aromatic heterocycles. The van der Waals surface area contributed by atoms with E-state index in [2.05, 4.69) is 4.72 Å². The van der Waals surface area contributed by atoms with Crippen molar-refractivity contribution in [2.24, 2.45) is 0 Å². The highest BCUT2D eigenvalue weighted by atomic mass is 32.2. The Bertz CT molecular complexity index is 395. The van der Waals surface area contributed by atoms with E-state index in [0.29, 0.717) is 11.0 Å². The van der Waals surface area contributed by atoms with Crippen molar-refractivity contribution in [3.8, 4) is 0 Å². The van der Waals surface area contributed by atoms with Gasteiger partial charge in [-0.25, -0.2) is 4.39 Å². The standard InChI is InChI=1S/C12H19BFNOS/c1-8(15-17(16)12(2,3)4)9-6-5-7-10(13)11(9)14/h5-8,15H,13H2,1-4H3/t8?,17-/m1/s1. The number of rotatable bonds is 3. The molecule has 0 saturated carbocycles. The molecule has 0 amide bonds.